The van der Waals surface area contributed by atoms with Gasteiger partial charge in [0.2, 0.25) is 10.0 Å². The monoisotopic (exact) mass is 290 g/mol. The molecule has 0 aromatic heterocycles. The highest BCUT2D eigenvalue weighted by molar-refractivity contribution is 7.89. The predicted molar refractivity (Wildman–Crippen MR) is 64.6 cm³/mol. The van der Waals surface area contributed by atoms with Gasteiger partial charge in [0, 0.05) is 25.0 Å². The summed E-state index contributed by atoms with van der Waals surface area (Å²) in [5, 5.41) is 0. The van der Waals surface area contributed by atoms with Crippen molar-refractivity contribution in [3.63, 3.8) is 0 Å². The molecule has 0 amide bonds. The first kappa shape index (κ1) is 17.7. The average Bonchev–Trinajstić information content (AvgIpc) is 2.15. The molecule has 110 valence electrons. The van der Waals surface area contributed by atoms with Crippen LogP contribution < -0.4 is 5.73 Å². The number of hydrogen-bond acceptors (Lipinski definition) is 3. The number of halogens is 3. The van der Waals surface area contributed by atoms with Crippen molar-refractivity contribution < 1.29 is 21.6 Å². The predicted octanol–water partition coefficient (Wildman–Crippen LogP) is 1.72. The van der Waals surface area contributed by atoms with Gasteiger partial charge in [-0.1, -0.05) is 6.92 Å². The summed E-state index contributed by atoms with van der Waals surface area (Å²) in [4.78, 5) is 0. The SMILES string of the molecule is CCN(C(C)(C)CN)S(=O)(=O)CCCC(F)(F)F. The van der Waals surface area contributed by atoms with E-state index < -0.39 is 40.3 Å². The zero-order valence-corrected chi connectivity index (χ0v) is 11.7. The van der Waals surface area contributed by atoms with E-state index in [0.717, 1.165) is 4.31 Å². The second-order valence-electron chi connectivity index (χ2n) is 4.72. The zero-order valence-electron chi connectivity index (χ0n) is 10.9. The molecule has 0 radical (unpaired) electrons. The minimum atomic E-state index is -4.32. The van der Waals surface area contributed by atoms with Crippen LogP contribution in [0.2, 0.25) is 0 Å². The van der Waals surface area contributed by atoms with Gasteiger partial charge in [-0.15, -0.1) is 0 Å². The molecule has 0 aromatic rings. The summed E-state index contributed by atoms with van der Waals surface area (Å²) < 4.78 is 61.0. The fourth-order valence-electron chi connectivity index (χ4n) is 1.67. The molecule has 0 saturated carbocycles. The molecule has 8 heteroatoms. The molecule has 0 aromatic carbocycles. The fourth-order valence-corrected chi connectivity index (χ4v) is 3.62. The first-order valence-electron chi connectivity index (χ1n) is 5.73. The molecule has 0 rings (SSSR count). The number of nitrogens with zero attached hydrogens (tertiary/aromatic N) is 1. The number of likely N-dealkylation sites (N-methyl/N-ethyl adjacent to an activating group) is 1. The lowest BCUT2D eigenvalue weighted by Gasteiger charge is -2.35. The van der Waals surface area contributed by atoms with Crippen molar-refractivity contribution in [2.45, 2.75) is 45.3 Å². The molecular weight excluding hydrogens is 269 g/mol. The Hall–Kier alpha value is -0.340. The Labute approximate surface area is 106 Å². The van der Waals surface area contributed by atoms with Crippen LogP contribution in [0.1, 0.15) is 33.6 Å². The maximum absolute atomic E-state index is 12.0. The summed E-state index contributed by atoms with van der Waals surface area (Å²) in [6.45, 7) is 5.24. The van der Waals surface area contributed by atoms with Crippen LogP contribution in [0.5, 0.6) is 0 Å². The van der Waals surface area contributed by atoms with Crippen LogP contribution in [-0.4, -0.2) is 43.3 Å². The standard InChI is InChI=1S/C10H21F3N2O2S/c1-4-15(9(2,3)8-14)18(16,17)7-5-6-10(11,12)13/h4-8,14H2,1-3H3. The van der Waals surface area contributed by atoms with Crippen LogP contribution >= 0.6 is 0 Å². The molecule has 0 spiro atoms. The second kappa shape index (κ2) is 6.21. The van der Waals surface area contributed by atoms with Gasteiger partial charge in [-0.05, 0) is 20.3 Å². The molecule has 0 atom stereocenters. The molecule has 0 heterocycles. The van der Waals surface area contributed by atoms with E-state index in [1.54, 1.807) is 20.8 Å². The van der Waals surface area contributed by atoms with Crippen LogP contribution in [0, 0.1) is 0 Å². The molecular formula is C10H21F3N2O2S. The maximum atomic E-state index is 12.0. The largest absolute Gasteiger partial charge is 0.389 e. The number of alkyl halides is 3. The molecule has 4 nitrogen and oxygen atoms in total. The molecule has 0 bridgehead atoms. The quantitative estimate of drug-likeness (QED) is 0.776. The van der Waals surface area contributed by atoms with Gasteiger partial charge < -0.3 is 5.73 Å². The molecule has 2 N–H and O–H groups in total. The number of sulfonamides is 1. The van der Waals surface area contributed by atoms with Crippen molar-refractivity contribution in [1.82, 2.24) is 4.31 Å². The van der Waals surface area contributed by atoms with Crippen molar-refractivity contribution >= 4 is 10.0 Å². The number of nitrogens with two attached hydrogens (primary N) is 1. The summed E-state index contributed by atoms with van der Waals surface area (Å²) in [6, 6.07) is 0. The fraction of sp³-hybridized carbons (Fsp3) is 1.00. The first-order chi connectivity index (χ1) is 7.96. The highest BCUT2D eigenvalue weighted by Crippen LogP contribution is 2.23. The second-order valence-corrected chi connectivity index (χ2v) is 6.73. The molecule has 0 saturated heterocycles. The first-order valence-corrected chi connectivity index (χ1v) is 7.34. The smallest absolute Gasteiger partial charge is 0.329 e. The average molecular weight is 290 g/mol. The molecule has 0 aliphatic carbocycles. The van der Waals surface area contributed by atoms with Crippen LogP contribution in [0.15, 0.2) is 0 Å². The minimum Gasteiger partial charge on any atom is -0.329 e. The summed E-state index contributed by atoms with van der Waals surface area (Å²) >= 11 is 0. The normalized spacial score (nSPS) is 14.2. The Balaban J connectivity index is 4.70. The summed E-state index contributed by atoms with van der Waals surface area (Å²) in [7, 11) is -3.71. The third-order valence-corrected chi connectivity index (χ3v) is 4.89. The molecule has 18 heavy (non-hydrogen) atoms. The lowest BCUT2D eigenvalue weighted by atomic mass is 10.1. The van der Waals surface area contributed by atoms with Crippen molar-refractivity contribution in [3.05, 3.63) is 0 Å². The Morgan fingerprint density at radius 2 is 1.72 bits per heavy atom. The summed E-state index contributed by atoms with van der Waals surface area (Å²) in [5.74, 6) is -0.510. The molecule has 0 aliphatic heterocycles. The third kappa shape index (κ3) is 5.53. The third-order valence-electron chi connectivity index (χ3n) is 2.66. The Bertz CT molecular complexity index is 353. The van der Waals surface area contributed by atoms with Gasteiger partial charge in [-0.3, -0.25) is 0 Å². The molecule has 0 aliphatic rings. The number of hydrogen-bond donors (Lipinski definition) is 1. The highest BCUT2D eigenvalue weighted by atomic mass is 32.2. The summed E-state index contributed by atoms with van der Waals surface area (Å²) in [5.41, 5.74) is 4.71. The van der Waals surface area contributed by atoms with E-state index in [0.29, 0.717) is 0 Å². The lowest BCUT2D eigenvalue weighted by Crippen LogP contribution is -2.52. The van der Waals surface area contributed by atoms with Gasteiger partial charge in [-0.25, -0.2) is 8.42 Å². The van der Waals surface area contributed by atoms with E-state index in [4.69, 9.17) is 5.73 Å². The Morgan fingerprint density at radius 1 is 1.22 bits per heavy atom. The Morgan fingerprint density at radius 3 is 2.06 bits per heavy atom. The molecule has 0 fully saturated rings. The zero-order chi connectivity index (χ0) is 14.6. The maximum Gasteiger partial charge on any atom is 0.389 e. The van der Waals surface area contributed by atoms with E-state index in [9.17, 15) is 21.6 Å². The van der Waals surface area contributed by atoms with Gasteiger partial charge >= 0.3 is 6.18 Å². The summed E-state index contributed by atoms with van der Waals surface area (Å²) in [6.07, 6.45) is -5.84. The van der Waals surface area contributed by atoms with Gasteiger partial charge in [0.05, 0.1) is 5.75 Å². The van der Waals surface area contributed by atoms with Crippen LogP contribution in [0.3, 0.4) is 0 Å². The molecule has 0 unspecified atom stereocenters. The highest BCUT2D eigenvalue weighted by Gasteiger charge is 2.35. The van der Waals surface area contributed by atoms with E-state index in [-0.39, 0.29) is 13.1 Å². The van der Waals surface area contributed by atoms with E-state index in [1.165, 1.54) is 0 Å². The van der Waals surface area contributed by atoms with Crippen molar-refractivity contribution in [3.8, 4) is 0 Å². The van der Waals surface area contributed by atoms with E-state index in [2.05, 4.69) is 0 Å². The van der Waals surface area contributed by atoms with Gasteiger partial charge in [0.15, 0.2) is 0 Å². The lowest BCUT2D eigenvalue weighted by molar-refractivity contribution is -0.134. The van der Waals surface area contributed by atoms with Gasteiger partial charge in [0.1, 0.15) is 0 Å². The van der Waals surface area contributed by atoms with E-state index >= 15 is 0 Å². The van der Waals surface area contributed by atoms with Gasteiger partial charge in [0.25, 0.3) is 0 Å². The van der Waals surface area contributed by atoms with Gasteiger partial charge in [-0.2, -0.15) is 17.5 Å². The van der Waals surface area contributed by atoms with Crippen molar-refractivity contribution in [2.75, 3.05) is 18.8 Å². The van der Waals surface area contributed by atoms with E-state index in [1.807, 2.05) is 0 Å². The minimum absolute atomic E-state index is 0.110. The topological polar surface area (TPSA) is 63.4 Å². The Kier molecular flexibility index (Phi) is 6.09. The van der Waals surface area contributed by atoms with Crippen LogP contribution in [0.25, 0.3) is 0 Å². The van der Waals surface area contributed by atoms with Crippen LogP contribution in [0.4, 0.5) is 13.2 Å². The van der Waals surface area contributed by atoms with Crippen LogP contribution in [-0.2, 0) is 10.0 Å². The van der Waals surface area contributed by atoms with Crippen molar-refractivity contribution in [2.24, 2.45) is 5.73 Å². The van der Waals surface area contributed by atoms with Crippen molar-refractivity contribution in [1.29, 1.82) is 0 Å². The number of rotatable bonds is 7.